The average molecular weight is 410 g/mol. The fourth-order valence-electron chi connectivity index (χ4n) is 1.89. The minimum atomic E-state index is 0.283. The molecule has 0 unspecified atom stereocenters. The van der Waals surface area contributed by atoms with Gasteiger partial charge in [-0.3, -0.25) is 5.43 Å². The molecule has 0 aliphatic carbocycles. The van der Waals surface area contributed by atoms with Crippen LogP contribution in [0.5, 0.6) is 11.6 Å². The Kier molecular flexibility index (Phi) is 4.05. The van der Waals surface area contributed by atoms with Gasteiger partial charge in [-0.15, -0.1) is 0 Å². The molecular weight excluding hydrogens is 400 g/mol. The number of hydrogen-bond acceptors (Lipinski definition) is 5. The van der Waals surface area contributed by atoms with Crippen molar-refractivity contribution < 1.29 is 4.74 Å². The molecule has 0 bridgehead atoms. The summed E-state index contributed by atoms with van der Waals surface area (Å²) in [5.41, 5.74) is 2.39. The lowest BCUT2D eigenvalue weighted by molar-refractivity contribution is 0.457. The molecule has 0 saturated heterocycles. The third-order valence-electron chi connectivity index (χ3n) is 2.88. The quantitative estimate of drug-likeness (QED) is 0.500. The molecule has 106 valence electrons. The zero-order valence-electron chi connectivity index (χ0n) is 10.7. The molecule has 21 heavy (non-hydrogen) atoms. The molecule has 0 radical (unpaired) electrons. The molecule has 7 heteroatoms. The monoisotopic (exact) mass is 408 g/mol. The number of fused-ring (bicyclic) bond motifs is 1. The van der Waals surface area contributed by atoms with Crippen LogP contribution in [-0.2, 0) is 0 Å². The normalized spacial score (nSPS) is 10.6. The van der Waals surface area contributed by atoms with Crippen LogP contribution < -0.4 is 16.0 Å². The van der Waals surface area contributed by atoms with Gasteiger partial charge in [-0.1, -0.05) is 30.3 Å². The van der Waals surface area contributed by atoms with Crippen LogP contribution in [0.25, 0.3) is 10.8 Å². The molecule has 0 aliphatic heterocycles. The fourth-order valence-corrected chi connectivity index (χ4v) is 2.74. The van der Waals surface area contributed by atoms with Crippen molar-refractivity contribution in [2.45, 2.75) is 0 Å². The van der Waals surface area contributed by atoms with E-state index in [0.717, 1.165) is 15.2 Å². The van der Waals surface area contributed by atoms with Crippen molar-refractivity contribution in [2.24, 2.45) is 5.84 Å². The van der Waals surface area contributed by atoms with E-state index in [2.05, 4.69) is 47.3 Å². The van der Waals surface area contributed by atoms with Crippen LogP contribution in [0.15, 0.2) is 51.5 Å². The van der Waals surface area contributed by atoms with E-state index in [4.69, 9.17) is 10.6 Å². The van der Waals surface area contributed by atoms with Crippen molar-refractivity contribution in [3.8, 4) is 11.6 Å². The number of aromatic nitrogens is 2. The van der Waals surface area contributed by atoms with Gasteiger partial charge >= 0.3 is 0 Å². The molecule has 1 heterocycles. The Morgan fingerprint density at radius 3 is 2.71 bits per heavy atom. The van der Waals surface area contributed by atoms with Crippen LogP contribution in [0.2, 0.25) is 0 Å². The lowest BCUT2D eigenvalue weighted by atomic mass is 10.1. The number of rotatable bonds is 3. The third-order valence-corrected chi connectivity index (χ3v) is 4.24. The molecule has 3 rings (SSSR count). The number of ether oxygens (including phenoxy) is 1. The van der Waals surface area contributed by atoms with Crippen LogP contribution in [0, 0.1) is 0 Å². The smallest absolute Gasteiger partial charge is 0.240 e. The highest BCUT2D eigenvalue weighted by Crippen LogP contribution is 2.37. The van der Waals surface area contributed by atoms with Gasteiger partial charge in [-0.2, -0.15) is 4.98 Å². The van der Waals surface area contributed by atoms with Gasteiger partial charge in [0.2, 0.25) is 11.8 Å². The Hall–Kier alpha value is -1.70. The van der Waals surface area contributed by atoms with Gasteiger partial charge in [-0.05, 0) is 48.7 Å². The van der Waals surface area contributed by atoms with Gasteiger partial charge in [0.15, 0.2) is 0 Å². The second-order valence-electron chi connectivity index (χ2n) is 4.19. The Morgan fingerprint density at radius 1 is 1.10 bits per heavy atom. The van der Waals surface area contributed by atoms with Crippen LogP contribution in [0.4, 0.5) is 5.95 Å². The van der Waals surface area contributed by atoms with Crippen LogP contribution in [0.3, 0.4) is 0 Å². The van der Waals surface area contributed by atoms with Crippen molar-refractivity contribution >= 4 is 48.6 Å². The molecule has 0 saturated carbocycles. The summed E-state index contributed by atoms with van der Waals surface area (Å²) in [7, 11) is 0. The second kappa shape index (κ2) is 5.97. The number of hydrogen-bond donors (Lipinski definition) is 2. The molecule has 0 spiro atoms. The largest absolute Gasteiger partial charge is 0.436 e. The van der Waals surface area contributed by atoms with Crippen molar-refractivity contribution in [1.29, 1.82) is 0 Å². The molecule has 0 fully saturated rings. The van der Waals surface area contributed by atoms with Gasteiger partial charge < -0.3 is 4.74 Å². The van der Waals surface area contributed by atoms with Crippen molar-refractivity contribution in [2.75, 3.05) is 5.43 Å². The van der Waals surface area contributed by atoms with E-state index in [1.807, 2.05) is 36.4 Å². The fraction of sp³-hybridized carbons (Fsp3) is 0. The zero-order chi connectivity index (χ0) is 14.8. The van der Waals surface area contributed by atoms with E-state index in [9.17, 15) is 0 Å². The molecule has 2 aromatic carbocycles. The Bertz CT molecular complexity index is 810. The molecular formula is C14H10Br2N4O. The number of nitrogens with two attached hydrogens (primary N) is 1. The summed E-state index contributed by atoms with van der Waals surface area (Å²) in [6, 6.07) is 11.9. The van der Waals surface area contributed by atoms with Gasteiger partial charge in [0.1, 0.15) is 5.75 Å². The summed E-state index contributed by atoms with van der Waals surface area (Å²) in [6.45, 7) is 0. The van der Waals surface area contributed by atoms with Crippen LogP contribution in [-0.4, -0.2) is 9.97 Å². The van der Waals surface area contributed by atoms with E-state index in [1.54, 1.807) is 6.20 Å². The van der Waals surface area contributed by atoms with Gasteiger partial charge in [0.05, 0.1) is 15.1 Å². The molecule has 5 nitrogen and oxygen atoms in total. The summed E-state index contributed by atoms with van der Waals surface area (Å²) < 4.78 is 7.36. The minimum absolute atomic E-state index is 0.283. The number of nitrogens with zero attached hydrogens (tertiary/aromatic N) is 2. The molecule has 0 atom stereocenters. The average Bonchev–Trinajstić information content (AvgIpc) is 2.52. The summed E-state index contributed by atoms with van der Waals surface area (Å²) in [6.07, 6.45) is 1.58. The maximum absolute atomic E-state index is 5.85. The predicted octanol–water partition coefficient (Wildman–Crippen LogP) is 4.23. The first-order valence-corrected chi connectivity index (χ1v) is 7.62. The highest BCUT2D eigenvalue weighted by molar-refractivity contribution is 9.11. The molecule has 0 amide bonds. The number of anilines is 1. The highest BCUT2D eigenvalue weighted by atomic mass is 79.9. The second-order valence-corrected chi connectivity index (χ2v) is 5.84. The van der Waals surface area contributed by atoms with Gasteiger partial charge in [0.25, 0.3) is 0 Å². The number of benzene rings is 2. The SMILES string of the molecule is NNc1ncc(Br)c(Oc2ccc3ccccc3c2Br)n1. The van der Waals surface area contributed by atoms with E-state index >= 15 is 0 Å². The van der Waals surface area contributed by atoms with E-state index < -0.39 is 0 Å². The standard InChI is InChI=1S/C14H10Br2N4O/c15-10-7-18-14(20-17)19-13(10)21-11-6-5-8-3-1-2-4-9(8)12(11)16/h1-7H,17H2,(H,18,19,20). The number of hydrazine groups is 1. The maximum atomic E-state index is 5.85. The van der Waals surface area contributed by atoms with Crippen LogP contribution >= 0.6 is 31.9 Å². The first-order chi connectivity index (χ1) is 10.2. The first-order valence-electron chi connectivity index (χ1n) is 6.03. The topological polar surface area (TPSA) is 73.1 Å². The maximum Gasteiger partial charge on any atom is 0.240 e. The summed E-state index contributed by atoms with van der Waals surface area (Å²) in [5, 5.41) is 2.19. The molecule has 1 aromatic heterocycles. The lowest BCUT2D eigenvalue weighted by Gasteiger charge is -2.11. The summed E-state index contributed by atoms with van der Waals surface area (Å²) in [5.74, 6) is 6.64. The Morgan fingerprint density at radius 2 is 1.90 bits per heavy atom. The highest BCUT2D eigenvalue weighted by Gasteiger charge is 2.11. The number of nitrogens with one attached hydrogen (secondary N) is 1. The molecule has 3 aromatic rings. The van der Waals surface area contributed by atoms with Gasteiger partial charge in [0, 0.05) is 0 Å². The lowest BCUT2D eigenvalue weighted by Crippen LogP contribution is -2.10. The van der Waals surface area contributed by atoms with E-state index in [0.29, 0.717) is 16.1 Å². The molecule has 3 N–H and O–H groups in total. The van der Waals surface area contributed by atoms with Crippen molar-refractivity contribution in [3.63, 3.8) is 0 Å². The van der Waals surface area contributed by atoms with E-state index in [-0.39, 0.29) is 5.95 Å². The first kappa shape index (κ1) is 14.2. The summed E-state index contributed by atoms with van der Waals surface area (Å²) >= 11 is 6.93. The predicted molar refractivity (Wildman–Crippen MR) is 89.3 cm³/mol. The number of nitrogen functional groups attached to an aromatic ring is 1. The van der Waals surface area contributed by atoms with Crippen molar-refractivity contribution in [1.82, 2.24) is 9.97 Å². The summed E-state index contributed by atoms with van der Waals surface area (Å²) in [4.78, 5) is 8.16. The number of halogens is 2. The van der Waals surface area contributed by atoms with Crippen LogP contribution in [0.1, 0.15) is 0 Å². The van der Waals surface area contributed by atoms with Gasteiger partial charge in [-0.25, -0.2) is 10.8 Å². The minimum Gasteiger partial charge on any atom is -0.436 e. The van der Waals surface area contributed by atoms with E-state index in [1.165, 1.54) is 0 Å². The Labute approximate surface area is 137 Å². The van der Waals surface area contributed by atoms with Crippen molar-refractivity contribution in [3.05, 3.63) is 51.5 Å². The zero-order valence-corrected chi connectivity index (χ0v) is 13.8. The Balaban J connectivity index is 2.04. The molecule has 0 aliphatic rings. The third kappa shape index (κ3) is 2.85.